The van der Waals surface area contributed by atoms with Gasteiger partial charge in [0.05, 0.1) is 5.54 Å². The standard InChI is InChI=1S/C20H29N3O2/c21-20(11-5-2-6-12-20)19(25)23-13-7-8-16(15-23)14-22-18(24)17-9-3-1-4-10-17/h1,3-4,9-10,16H,2,5-8,11-15,21H2,(H,22,24). The van der Waals surface area contributed by atoms with Crippen molar-refractivity contribution >= 4 is 11.8 Å². The van der Waals surface area contributed by atoms with E-state index in [1.807, 2.05) is 35.2 Å². The molecule has 1 unspecified atom stereocenters. The van der Waals surface area contributed by atoms with E-state index in [1.165, 1.54) is 6.42 Å². The maximum Gasteiger partial charge on any atom is 0.251 e. The minimum atomic E-state index is -0.659. The lowest BCUT2D eigenvalue weighted by Gasteiger charge is -2.40. The molecule has 1 aromatic rings. The molecule has 0 aromatic heterocycles. The maximum absolute atomic E-state index is 12.9. The number of rotatable bonds is 4. The first-order chi connectivity index (χ1) is 12.1. The number of benzene rings is 1. The lowest BCUT2D eigenvalue weighted by atomic mass is 9.81. The zero-order chi connectivity index (χ0) is 17.7. The lowest BCUT2D eigenvalue weighted by molar-refractivity contribution is -0.140. The first-order valence-corrected chi connectivity index (χ1v) is 9.50. The average molecular weight is 343 g/mol. The van der Waals surface area contributed by atoms with Crippen molar-refractivity contribution in [1.82, 2.24) is 10.2 Å². The largest absolute Gasteiger partial charge is 0.352 e. The van der Waals surface area contributed by atoms with Gasteiger partial charge in [-0.3, -0.25) is 9.59 Å². The van der Waals surface area contributed by atoms with Crippen LogP contribution >= 0.6 is 0 Å². The molecule has 136 valence electrons. The van der Waals surface area contributed by atoms with Gasteiger partial charge in [-0.05, 0) is 43.7 Å². The molecule has 0 spiro atoms. The average Bonchev–Trinajstić information content (AvgIpc) is 2.67. The van der Waals surface area contributed by atoms with E-state index in [4.69, 9.17) is 5.73 Å². The van der Waals surface area contributed by atoms with Crippen molar-refractivity contribution in [2.75, 3.05) is 19.6 Å². The summed E-state index contributed by atoms with van der Waals surface area (Å²) >= 11 is 0. The molecular formula is C20H29N3O2. The lowest BCUT2D eigenvalue weighted by Crippen LogP contribution is -2.58. The van der Waals surface area contributed by atoms with E-state index in [2.05, 4.69) is 5.32 Å². The van der Waals surface area contributed by atoms with Crippen LogP contribution in [-0.2, 0) is 4.79 Å². The minimum absolute atomic E-state index is 0.0494. The highest BCUT2D eigenvalue weighted by Crippen LogP contribution is 2.29. The zero-order valence-electron chi connectivity index (χ0n) is 14.9. The van der Waals surface area contributed by atoms with E-state index in [9.17, 15) is 9.59 Å². The van der Waals surface area contributed by atoms with Crippen molar-refractivity contribution in [2.45, 2.75) is 50.5 Å². The SMILES string of the molecule is NC1(C(=O)N2CCCC(CNC(=O)c3ccccc3)C2)CCCCC1. The van der Waals surface area contributed by atoms with Crippen molar-refractivity contribution in [1.29, 1.82) is 0 Å². The number of carbonyl (C=O) groups is 2. The quantitative estimate of drug-likeness (QED) is 0.881. The first kappa shape index (κ1) is 17.9. The second kappa shape index (κ2) is 8.00. The maximum atomic E-state index is 12.9. The summed E-state index contributed by atoms with van der Waals surface area (Å²) in [4.78, 5) is 27.0. The predicted molar refractivity (Wildman–Crippen MR) is 98.1 cm³/mol. The molecule has 1 aliphatic carbocycles. The molecular weight excluding hydrogens is 314 g/mol. The fourth-order valence-electron chi connectivity index (χ4n) is 4.06. The number of likely N-dealkylation sites (tertiary alicyclic amines) is 1. The smallest absolute Gasteiger partial charge is 0.251 e. The Morgan fingerprint density at radius 1 is 1.12 bits per heavy atom. The summed E-state index contributed by atoms with van der Waals surface area (Å²) in [5, 5.41) is 3.01. The van der Waals surface area contributed by atoms with E-state index in [0.29, 0.717) is 24.6 Å². The van der Waals surface area contributed by atoms with Gasteiger partial charge in [0.25, 0.3) is 5.91 Å². The third-order valence-electron chi connectivity index (χ3n) is 5.57. The van der Waals surface area contributed by atoms with Gasteiger partial charge >= 0.3 is 0 Å². The van der Waals surface area contributed by atoms with Crippen LogP contribution in [-0.4, -0.2) is 41.9 Å². The molecule has 2 aliphatic rings. The van der Waals surface area contributed by atoms with Gasteiger partial charge in [0.1, 0.15) is 0 Å². The molecule has 1 heterocycles. The molecule has 25 heavy (non-hydrogen) atoms. The molecule has 1 saturated carbocycles. The van der Waals surface area contributed by atoms with Crippen molar-refractivity contribution < 1.29 is 9.59 Å². The van der Waals surface area contributed by atoms with Crippen molar-refractivity contribution in [3.63, 3.8) is 0 Å². The number of carbonyl (C=O) groups excluding carboxylic acids is 2. The normalized spacial score (nSPS) is 23.1. The van der Waals surface area contributed by atoms with Crippen molar-refractivity contribution in [3.8, 4) is 0 Å². The number of hydrogen-bond donors (Lipinski definition) is 2. The van der Waals surface area contributed by atoms with Gasteiger partial charge in [-0.1, -0.05) is 37.5 Å². The van der Waals surface area contributed by atoms with Gasteiger partial charge in [-0.25, -0.2) is 0 Å². The van der Waals surface area contributed by atoms with E-state index in [-0.39, 0.29) is 11.8 Å². The molecule has 5 nitrogen and oxygen atoms in total. The molecule has 2 fully saturated rings. The van der Waals surface area contributed by atoms with Gasteiger partial charge in [-0.15, -0.1) is 0 Å². The van der Waals surface area contributed by atoms with Gasteiger partial charge < -0.3 is 16.0 Å². The summed E-state index contributed by atoms with van der Waals surface area (Å²) in [5.41, 5.74) is 6.43. The van der Waals surface area contributed by atoms with Crippen LogP contribution in [0.4, 0.5) is 0 Å². The van der Waals surface area contributed by atoms with Crippen LogP contribution in [0.5, 0.6) is 0 Å². The predicted octanol–water partition coefficient (Wildman–Crippen LogP) is 2.32. The number of piperidine rings is 1. The van der Waals surface area contributed by atoms with Crippen LogP contribution in [0.2, 0.25) is 0 Å². The van der Waals surface area contributed by atoms with Crippen LogP contribution in [0.15, 0.2) is 30.3 Å². The number of hydrogen-bond acceptors (Lipinski definition) is 3. The van der Waals surface area contributed by atoms with Crippen molar-refractivity contribution in [2.24, 2.45) is 11.7 Å². The van der Waals surface area contributed by atoms with E-state index in [1.54, 1.807) is 0 Å². The first-order valence-electron chi connectivity index (χ1n) is 9.50. The Kier molecular flexibility index (Phi) is 5.74. The second-order valence-corrected chi connectivity index (χ2v) is 7.55. The topological polar surface area (TPSA) is 75.4 Å². The third-order valence-corrected chi connectivity index (χ3v) is 5.57. The Labute approximate surface area is 150 Å². The van der Waals surface area contributed by atoms with Crippen molar-refractivity contribution in [3.05, 3.63) is 35.9 Å². The Hall–Kier alpha value is -1.88. The Bertz CT molecular complexity index is 596. The van der Waals surface area contributed by atoms with Crippen LogP contribution in [0, 0.1) is 5.92 Å². The molecule has 0 bridgehead atoms. The van der Waals surface area contributed by atoms with Gasteiger partial charge in [0.2, 0.25) is 5.91 Å². The Morgan fingerprint density at radius 2 is 1.84 bits per heavy atom. The van der Waals surface area contributed by atoms with Crippen LogP contribution in [0.3, 0.4) is 0 Å². The Morgan fingerprint density at radius 3 is 2.56 bits per heavy atom. The molecule has 2 amide bonds. The molecule has 1 aliphatic heterocycles. The van der Waals surface area contributed by atoms with Crippen LogP contribution < -0.4 is 11.1 Å². The summed E-state index contributed by atoms with van der Waals surface area (Å²) < 4.78 is 0. The van der Waals surface area contributed by atoms with Gasteiger partial charge in [0, 0.05) is 25.2 Å². The monoisotopic (exact) mass is 343 g/mol. The molecule has 3 N–H and O–H groups in total. The fourth-order valence-corrected chi connectivity index (χ4v) is 4.06. The number of nitrogens with two attached hydrogens (primary N) is 1. The molecule has 1 aromatic carbocycles. The summed E-state index contributed by atoms with van der Waals surface area (Å²) in [5.74, 6) is 0.371. The summed E-state index contributed by atoms with van der Waals surface area (Å²) in [7, 11) is 0. The molecule has 3 rings (SSSR count). The van der Waals surface area contributed by atoms with Crippen LogP contribution in [0.1, 0.15) is 55.3 Å². The number of nitrogens with one attached hydrogen (secondary N) is 1. The van der Waals surface area contributed by atoms with Gasteiger partial charge in [0.15, 0.2) is 0 Å². The summed E-state index contributed by atoms with van der Waals surface area (Å²) in [6.45, 7) is 2.10. The Balaban J connectivity index is 1.52. The highest BCUT2D eigenvalue weighted by atomic mass is 16.2. The molecule has 5 heteroatoms. The second-order valence-electron chi connectivity index (χ2n) is 7.55. The number of amides is 2. The van der Waals surface area contributed by atoms with Crippen LogP contribution in [0.25, 0.3) is 0 Å². The van der Waals surface area contributed by atoms with E-state index >= 15 is 0 Å². The zero-order valence-corrected chi connectivity index (χ0v) is 14.9. The van der Waals surface area contributed by atoms with E-state index < -0.39 is 5.54 Å². The fraction of sp³-hybridized carbons (Fsp3) is 0.600. The molecule has 1 saturated heterocycles. The third kappa shape index (κ3) is 4.40. The van der Waals surface area contributed by atoms with Gasteiger partial charge in [-0.2, -0.15) is 0 Å². The summed E-state index contributed by atoms with van der Waals surface area (Å²) in [6, 6.07) is 9.25. The van der Waals surface area contributed by atoms with E-state index in [0.717, 1.165) is 45.1 Å². The minimum Gasteiger partial charge on any atom is -0.352 e. The molecule has 1 atom stereocenters. The highest BCUT2D eigenvalue weighted by Gasteiger charge is 2.39. The number of nitrogens with zero attached hydrogens (tertiary/aromatic N) is 1. The summed E-state index contributed by atoms with van der Waals surface area (Å²) in [6.07, 6.45) is 6.90. The highest BCUT2D eigenvalue weighted by molar-refractivity contribution is 5.94. The molecule has 0 radical (unpaired) electrons.